The number of carbonyl (C=O) groups excluding carboxylic acids is 2. The number of anilines is 1. The number of rotatable bonds is 3. The maximum Gasteiger partial charge on any atom is 0.290 e. The van der Waals surface area contributed by atoms with Gasteiger partial charge in [-0.15, -0.1) is 11.3 Å². The van der Waals surface area contributed by atoms with Crippen molar-refractivity contribution < 1.29 is 19.5 Å². The maximum absolute atomic E-state index is 12.2. The van der Waals surface area contributed by atoms with Crippen molar-refractivity contribution in [2.24, 2.45) is 0 Å². The molecule has 10 heteroatoms. The Morgan fingerprint density at radius 3 is 2.42 bits per heavy atom. The van der Waals surface area contributed by atoms with Crippen LogP contribution < -0.4 is 10.6 Å². The molecule has 0 bridgehead atoms. The van der Waals surface area contributed by atoms with Crippen LogP contribution in [0.15, 0.2) is 30.5 Å². The first kappa shape index (κ1) is 27.2. The summed E-state index contributed by atoms with van der Waals surface area (Å²) in [6, 6.07) is 9.83. The lowest BCUT2D eigenvalue weighted by molar-refractivity contribution is -0.140. The van der Waals surface area contributed by atoms with Gasteiger partial charge in [0.1, 0.15) is 0 Å². The van der Waals surface area contributed by atoms with E-state index in [0.717, 1.165) is 51.3 Å². The second-order valence-electron chi connectivity index (χ2n) is 9.32. The molecule has 2 amide bonds. The molecule has 1 aromatic carbocycles. The Hall–Kier alpha value is -3.81. The molecule has 1 atom stereocenters. The lowest BCUT2D eigenvalue weighted by Gasteiger charge is -2.22. The van der Waals surface area contributed by atoms with Gasteiger partial charge in [-0.05, 0) is 75.5 Å². The highest BCUT2D eigenvalue weighted by Gasteiger charge is 2.34. The molecule has 0 saturated carbocycles. The van der Waals surface area contributed by atoms with Crippen LogP contribution >= 0.6 is 11.3 Å². The first-order chi connectivity index (χ1) is 18.5. The summed E-state index contributed by atoms with van der Waals surface area (Å²) in [5.74, 6) is -0.226. The number of imide groups is 1. The molecule has 1 unspecified atom stereocenters. The van der Waals surface area contributed by atoms with E-state index >= 15 is 0 Å². The number of pyridine rings is 1. The van der Waals surface area contributed by atoms with Crippen molar-refractivity contribution in [3.05, 3.63) is 46.5 Å². The zero-order valence-electron chi connectivity index (χ0n) is 21.3. The van der Waals surface area contributed by atoms with Gasteiger partial charge in [0.2, 0.25) is 11.8 Å². The van der Waals surface area contributed by atoms with Crippen molar-refractivity contribution in [3.63, 3.8) is 0 Å². The van der Waals surface area contributed by atoms with E-state index in [2.05, 4.69) is 21.7 Å². The quantitative estimate of drug-likeness (QED) is 0.331. The largest absolute Gasteiger partial charge is 0.483 e. The molecule has 0 spiro atoms. The highest BCUT2D eigenvalue weighted by atomic mass is 32.1. The van der Waals surface area contributed by atoms with Crippen LogP contribution in [0.3, 0.4) is 0 Å². The van der Waals surface area contributed by atoms with Crippen molar-refractivity contribution in [3.8, 4) is 17.2 Å². The Balaban J connectivity index is 0.000000366. The second kappa shape index (κ2) is 12.6. The number of hydrogen-bond acceptors (Lipinski definition) is 8. The third-order valence-electron chi connectivity index (χ3n) is 6.84. The number of aromatic nitrogens is 1. The molecule has 3 N–H and O–H groups in total. The SMILES string of the molecule is C1CCNC1.CC(c1cc2nccc(-c3cc(C#N)cc4c3NCCC4)c2s1)N1C(=O)CCC1=O.O=CO. The van der Waals surface area contributed by atoms with Crippen LogP contribution in [0.5, 0.6) is 0 Å². The molecular formula is C28H31N5O4S. The number of amides is 2. The maximum atomic E-state index is 12.2. The number of hydrogen-bond donors (Lipinski definition) is 3. The number of likely N-dealkylation sites (tertiary alicyclic amines) is 1. The van der Waals surface area contributed by atoms with Gasteiger partial charge in [0.05, 0.1) is 27.9 Å². The minimum atomic E-state index is -0.308. The van der Waals surface area contributed by atoms with E-state index in [4.69, 9.17) is 9.90 Å². The van der Waals surface area contributed by atoms with Gasteiger partial charge >= 0.3 is 0 Å². The topological polar surface area (TPSA) is 135 Å². The summed E-state index contributed by atoms with van der Waals surface area (Å²) in [7, 11) is 0. The van der Waals surface area contributed by atoms with E-state index in [0.29, 0.717) is 5.56 Å². The highest BCUT2D eigenvalue weighted by molar-refractivity contribution is 7.19. The Kier molecular flexibility index (Phi) is 9.05. The molecule has 2 saturated heterocycles. The third-order valence-corrected chi connectivity index (χ3v) is 8.17. The summed E-state index contributed by atoms with van der Waals surface area (Å²) >= 11 is 1.56. The molecule has 0 aliphatic carbocycles. The van der Waals surface area contributed by atoms with Gasteiger partial charge in [0, 0.05) is 47.3 Å². The highest BCUT2D eigenvalue weighted by Crippen LogP contribution is 2.42. The summed E-state index contributed by atoms with van der Waals surface area (Å²) in [4.78, 5) is 39.6. The van der Waals surface area contributed by atoms with Crippen LogP contribution in [-0.2, 0) is 20.8 Å². The number of nitrogens with one attached hydrogen (secondary N) is 2. The van der Waals surface area contributed by atoms with E-state index in [9.17, 15) is 14.9 Å². The third kappa shape index (κ3) is 5.85. The molecule has 38 heavy (non-hydrogen) atoms. The minimum Gasteiger partial charge on any atom is -0.483 e. The van der Waals surface area contributed by atoms with Gasteiger partial charge in [-0.3, -0.25) is 24.3 Å². The first-order valence-electron chi connectivity index (χ1n) is 12.8. The summed E-state index contributed by atoms with van der Waals surface area (Å²) in [6.45, 7) is 5.05. The standard InChI is InChI=1S/C23H20N4O2S.C4H9N.CH2O2/c1-13(27-20(28)4-5-21(27)29)19-11-18-23(30-19)16(6-8-25-18)17-10-14(12-24)9-15-3-2-7-26-22(15)17;1-2-4-5-3-1;2-1-3/h6,8-11,13,26H,2-5,7H2,1H3;5H,1-4H2;1H,(H,2,3). The number of benzene rings is 1. The van der Waals surface area contributed by atoms with Crippen molar-refractivity contribution in [2.45, 2.75) is 51.5 Å². The number of carboxylic acid groups (broad SMARTS) is 1. The van der Waals surface area contributed by atoms with Gasteiger partial charge in [0.25, 0.3) is 6.47 Å². The van der Waals surface area contributed by atoms with Gasteiger partial charge in [-0.2, -0.15) is 5.26 Å². The molecule has 9 nitrogen and oxygen atoms in total. The predicted molar refractivity (Wildman–Crippen MR) is 147 cm³/mol. The summed E-state index contributed by atoms with van der Waals surface area (Å²) in [5.41, 5.74) is 5.76. The second-order valence-corrected chi connectivity index (χ2v) is 10.4. The van der Waals surface area contributed by atoms with Crippen LogP contribution in [-0.4, -0.2) is 52.9 Å². The normalized spacial score (nSPS) is 16.9. The van der Waals surface area contributed by atoms with Crippen molar-refractivity contribution in [2.75, 3.05) is 25.0 Å². The lowest BCUT2D eigenvalue weighted by atomic mass is 9.93. The van der Waals surface area contributed by atoms with Crippen LogP contribution in [0.25, 0.3) is 21.3 Å². The summed E-state index contributed by atoms with van der Waals surface area (Å²) in [5, 5.41) is 23.1. The fourth-order valence-corrected chi connectivity index (χ4v) is 6.22. The van der Waals surface area contributed by atoms with Gasteiger partial charge in [0.15, 0.2) is 0 Å². The Bertz CT molecular complexity index is 1350. The molecule has 0 radical (unpaired) electrons. The van der Waals surface area contributed by atoms with E-state index in [1.165, 1.54) is 36.4 Å². The Morgan fingerprint density at radius 2 is 1.79 bits per heavy atom. The predicted octanol–water partition coefficient (Wildman–Crippen LogP) is 4.47. The molecule has 3 aliphatic rings. The summed E-state index contributed by atoms with van der Waals surface area (Å²) < 4.78 is 1.00. The van der Waals surface area contributed by atoms with E-state index in [1.807, 2.05) is 31.2 Å². The van der Waals surface area contributed by atoms with E-state index in [-0.39, 0.29) is 37.2 Å². The lowest BCUT2D eigenvalue weighted by Crippen LogP contribution is -2.31. The minimum absolute atomic E-state index is 0.113. The number of thiophene rings is 1. The zero-order chi connectivity index (χ0) is 27.1. The number of fused-ring (bicyclic) bond motifs is 2. The van der Waals surface area contributed by atoms with Crippen LogP contribution in [0, 0.1) is 11.3 Å². The van der Waals surface area contributed by atoms with Crippen molar-refractivity contribution >= 4 is 45.5 Å². The van der Waals surface area contributed by atoms with E-state index in [1.54, 1.807) is 17.5 Å². The van der Waals surface area contributed by atoms with E-state index < -0.39 is 0 Å². The fourth-order valence-electron chi connectivity index (χ4n) is 5.03. The number of nitrogens with zero attached hydrogens (tertiary/aromatic N) is 3. The number of carbonyl (C=O) groups is 3. The van der Waals surface area contributed by atoms with Gasteiger partial charge in [-0.25, -0.2) is 0 Å². The average Bonchev–Trinajstić information content (AvgIpc) is 3.70. The van der Waals surface area contributed by atoms with Gasteiger partial charge in [-0.1, -0.05) is 0 Å². The van der Waals surface area contributed by atoms with Crippen molar-refractivity contribution in [1.29, 1.82) is 5.26 Å². The van der Waals surface area contributed by atoms with Crippen LogP contribution in [0.1, 0.15) is 61.1 Å². The first-order valence-corrected chi connectivity index (χ1v) is 13.6. The Morgan fingerprint density at radius 1 is 1.08 bits per heavy atom. The molecule has 198 valence electrons. The number of nitriles is 1. The molecule has 2 aromatic heterocycles. The fraction of sp³-hybridized carbons (Fsp3) is 0.393. The van der Waals surface area contributed by atoms with Crippen LogP contribution in [0.4, 0.5) is 5.69 Å². The Labute approximate surface area is 225 Å². The smallest absolute Gasteiger partial charge is 0.290 e. The zero-order valence-corrected chi connectivity index (χ0v) is 22.1. The van der Waals surface area contributed by atoms with Crippen molar-refractivity contribution in [1.82, 2.24) is 15.2 Å². The molecule has 6 rings (SSSR count). The molecule has 3 aromatic rings. The molecule has 2 fully saturated rings. The monoisotopic (exact) mass is 533 g/mol. The van der Waals surface area contributed by atoms with Gasteiger partial charge < -0.3 is 15.7 Å². The average molecular weight is 534 g/mol. The summed E-state index contributed by atoms with van der Waals surface area (Å²) in [6.07, 6.45) is 7.13. The molecular weight excluding hydrogens is 502 g/mol. The molecule has 5 heterocycles. The van der Waals surface area contributed by atoms with Crippen LogP contribution in [0.2, 0.25) is 0 Å². The number of aryl methyl sites for hydroxylation is 1. The molecule has 3 aliphatic heterocycles.